The van der Waals surface area contributed by atoms with Crippen LogP contribution in [-0.2, 0) is 23.1 Å². The predicted octanol–water partition coefficient (Wildman–Crippen LogP) is 1.67. The zero-order valence-corrected chi connectivity index (χ0v) is 14.6. The fraction of sp³-hybridized carbons (Fsp3) is 0.389. The maximum Gasteiger partial charge on any atom is 0.264 e. The van der Waals surface area contributed by atoms with Crippen LogP contribution in [0.25, 0.3) is 0 Å². The lowest BCUT2D eigenvalue weighted by Gasteiger charge is -2.17. The van der Waals surface area contributed by atoms with Crippen molar-refractivity contribution in [2.24, 2.45) is 12.2 Å². The van der Waals surface area contributed by atoms with Crippen LogP contribution in [-0.4, -0.2) is 40.7 Å². The van der Waals surface area contributed by atoms with E-state index >= 15 is 0 Å². The molecule has 1 aromatic carbocycles. The summed E-state index contributed by atoms with van der Waals surface area (Å²) in [6.45, 7) is 1.96. The molecule has 1 N–H and O–H groups in total. The number of para-hydroxylation sites is 1. The number of nitrogens with zero attached hydrogens (tertiary/aromatic N) is 3. The molecule has 0 unspecified atom stereocenters. The zero-order chi connectivity index (χ0) is 17.8. The molecule has 1 aromatic heterocycles. The summed E-state index contributed by atoms with van der Waals surface area (Å²) in [6.07, 6.45) is 4.09. The quantitative estimate of drug-likeness (QED) is 0.866. The summed E-state index contributed by atoms with van der Waals surface area (Å²) in [5, 5.41) is 11.1. The van der Waals surface area contributed by atoms with Gasteiger partial charge in [-0.25, -0.2) is 0 Å². The third-order valence-electron chi connectivity index (χ3n) is 4.11. The second-order valence-corrected chi connectivity index (χ2v) is 6.16. The Morgan fingerprint density at radius 3 is 3.00 bits per heavy atom. The molecule has 0 bridgehead atoms. The highest BCUT2D eigenvalue weighted by Gasteiger charge is 2.30. The number of benzene rings is 1. The summed E-state index contributed by atoms with van der Waals surface area (Å²) in [4.78, 5) is 17.7. The molecule has 1 aliphatic heterocycles. The van der Waals surface area contributed by atoms with Crippen LogP contribution < -0.4 is 10.1 Å². The van der Waals surface area contributed by atoms with Gasteiger partial charge in [0.25, 0.3) is 5.91 Å². The molecule has 0 aliphatic carbocycles. The molecular weight excluding hydrogens is 320 g/mol. The minimum absolute atomic E-state index is 0.0464. The van der Waals surface area contributed by atoms with E-state index in [1.807, 2.05) is 44.4 Å². The van der Waals surface area contributed by atoms with Gasteiger partial charge in [-0.15, -0.1) is 0 Å². The van der Waals surface area contributed by atoms with Crippen LogP contribution in [0.5, 0.6) is 5.75 Å². The topological polar surface area (TPSA) is 77.7 Å². The number of ether oxygens (including phenoxy) is 1. The lowest BCUT2D eigenvalue weighted by molar-refractivity contribution is -0.131. The normalized spacial score (nSPS) is 17.6. The lowest BCUT2D eigenvalue weighted by Crippen LogP contribution is -2.41. The van der Waals surface area contributed by atoms with E-state index in [2.05, 4.69) is 15.6 Å². The van der Waals surface area contributed by atoms with Crippen molar-refractivity contribution in [1.82, 2.24) is 15.1 Å². The van der Waals surface area contributed by atoms with E-state index in [9.17, 15) is 4.79 Å². The highest BCUT2D eigenvalue weighted by molar-refractivity contribution is 6.03. The summed E-state index contributed by atoms with van der Waals surface area (Å²) >= 11 is 0. The molecule has 0 radical (unpaired) electrons. The Bertz CT molecular complexity index is 784. The van der Waals surface area contributed by atoms with Gasteiger partial charge in [-0.3, -0.25) is 9.48 Å². The van der Waals surface area contributed by atoms with Crippen LogP contribution in [0.4, 0.5) is 0 Å². The van der Waals surface area contributed by atoms with E-state index in [-0.39, 0.29) is 11.9 Å². The van der Waals surface area contributed by atoms with Crippen molar-refractivity contribution in [2.75, 3.05) is 7.11 Å². The lowest BCUT2D eigenvalue weighted by atomic mass is 10.0. The van der Waals surface area contributed by atoms with Gasteiger partial charge in [-0.05, 0) is 25.0 Å². The van der Waals surface area contributed by atoms with E-state index in [1.165, 1.54) is 0 Å². The molecule has 7 heteroatoms. The number of hydrogen-bond acceptors (Lipinski definition) is 5. The molecule has 1 aliphatic rings. The highest BCUT2D eigenvalue weighted by Crippen LogP contribution is 2.20. The molecule has 132 valence electrons. The standard InChI is InChI=1S/C18H22N4O3/c1-12(8-13-6-4-5-7-16(13)24-3)20-18(23)17-9-15(21-25-17)14-10-19-22(2)11-14/h4-7,10-12,17H,8-9H2,1-3H3,(H,20,23)/t12-,17+/m1/s1. The number of oxime groups is 1. The number of methoxy groups -OCH3 is 1. The van der Waals surface area contributed by atoms with E-state index in [1.54, 1.807) is 18.0 Å². The highest BCUT2D eigenvalue weighted by atomic mass is 16.6. The van der Waals surface area contributed by atoms with Crippen LogP contribution >= 0.6 is 0 Å². The van der Waals surface area contributed by atoms with Crippen molar-refractivity contribution in [1.29, 1.82) is 0 Å². The molecule has 25 heavy (non-hydrogen) atoms. The first-order valence-corrected chi connectivity index (χ1v) is 8.20. The average molecular weight is 342 g/mol. The van der Waals surface area contributed by atoms with E-state index in [0.29, 0.717) is 12.8 Å². The SMILES string of the molecule is COc1ccccc1C[C@@H](C)NC(=O)[C@@H]1CC(c2cnn(C)c2)=NO1. The number of carbonyl (C=O) groups excluding carboxylic acids is 1. The molecular formula is C18H22N4O3. The first kappa shape index (κ1) is 17.0. The van der Waals surface area contributed by atoms with Gasteiger partial charge < -0.3 is 14.9 Å². The molecule has 2 heterocycles. The molecule has 2 aromatic rings. The largest absolute Gasteiger partial charge is 0.496 e. The fourth-order valence-corrected chi connectivity index (χ4v) is 2.85. The predicted molar refractivity (Wildman–Crippen MR) is 93.5 cm³/mol. The number of nitrogens with one attached hydrogen (secondary N) is 1. The Morgan fingerprint density at radius 2 is 2.28 bits per heavy atom. The summed E-state index contributed by atoms with van der Waals surface area (Å²) in [5.74, 6) is 0.660. The second-order valence-electron chi connectivity index (χ2n) is 6.16. The van der Waals surface area contributed by atoms with Crippen molar-refractivity contribution in [2.45, 2.75) is 31.9 Å². The molecule has 3 rings (SSSR count). The van der Waals surface area contributed by atoms with Crippen LogP contribution in [0.2, 0.25) is 0 Å². The van der Waals surface area contributed by atoms with E-state index in [0.717, 1.165) is 22.6 Å². The van der Waals surface area contributed by atoms with Crippen molar-refractivity contribution >= 4 is 11.6 Å². The second kappa shape index (κ2) is 7.38. The minimum atomic E-state index is -0.602. The molecule has 0 fully saturated rings. The number of carbonyl (C=O) groups is 1. The van der Waals surface area contributed by atoms with Gasteiger partial charge in [0.2, 0.25) is 6.10 Å². The molecule has 2 atom stereocenters. The zero-order valence-electron chi connectivity index (χ0n) is 14.6. The van der Waals surface area contributed by atoms with Crippen LogP contribution in [0.1, 0.15) is 24.5 Å². The Balaban J connectivity index is 1.54. The number of aromatic nitrogens is 2. The minimum Gasteiger partial charge on any atom is -0.496 e. The van der Waals surface area contributed by atoms with Crippen molar-refractivity contribution in [3.05, 3.63) is 47.8 Å². The first-order chi connectivity index (χ1) is 12.1. The molecule has 0 saturated heterocycles. The number of amides is 1. The number of hydrogen-bond donors (Lipinski definition) is 1. The molecule has 7 nitrogen and oxygen atoms in total. The van der Waals surface area contributed by atoms with Crippen LogP contribution in [0, 0.1) is 0 Å². The number of rotatable bonds is 6. The maximum atomic E-state index is 12.4. The van der Waals surface area contributed by atoms with Crippen molar-refractivity contribution < 1.29 is 14.4 Å². The van der Waals surface area contributed by atoms with Gasteiger partial charge in [0.1, 0.15) is 5.75 Å². The van der Waals surface area contributed by atoms with Crippen molar-refractivity contribution in [3.63, 3.8) is 0 Å². The number of aryl methyl sites for hydroxylation is 1. The van der Waals surface area contributed by atoms with Crippen LogP contribution in [0.15, 0.2) is 41.8 Å². The molecule has 0 saturated carbocycles. The van der Waals surface area contributed by atoms with Gasteiger partial charge in [-0.1, -0.05) is 23.4 Å². The maximum absolute atomic E-state index is 12.4. The summed E-state index contributed by atoms with van der Waals surface area (Å²) in [6, 6.07) is 7.75. The smallest absolute Gasteiger partial charge is 0.264 e. The van der Waals surface area contributed by atoms with Gasteiger partial charge in [0, 0.05) is 31.3 Å². The average Bonchev–Trinajstić information content (AvgIpc) is 3.24. The Kier molecular flexibility index (Phi) is 5.02. The summed E-state index contributed by atoms with van der Waals surface area (Å²) in [7, 11) is 3.48. The molecule has 1 amide bonds. The van der Waals surface area contributed by atoms with Crippen LogP contribution in [0.3, 0.4) is 0 Å². The Labute approximate surface area is 146 Å². The third-order valence-corrected chi connectivity index (χ3v) is 4.11. The summed E-state index contributed by atoms with van der Waals surface area (Å²) < 4.78 is 7.05. The van der Waals surface area contributed by atoms with Gasteiger partial charge >= 0.3 is 0 Å². The van der Waals surface area contributed by atoms with Gasteiger partial charge in [0.15, 0.2) is 0 Å². The van der Waals surface area contributed by atoms with E-state index in [4.69, 9.17) is 9.57 Å². The molecule has 0 spiro atoms. The first-order valence-electron chi connectivity index (χ1n) is 8.20. The third kappa shape index (κ3) is 3.99. The summed E-state index contributed by atoms with van der Waals surface area (Å²) in [5.41, 5.74) is 2.67. The van der Waals surface area contributed by atoms with E-state index < -0.39 is 6.10 Å². The monoisotopic (exact) mass is 342 g/mol. The van der Waals surface area contributed by atoms with Crippen molar-refractivity contribution in [3.8, 4) is 5.75 Å². The Hall–Kier alpha value is -2.83. The van der Waals surface area contributed by atoms with Gasteiger partial charge in [-0.2, -0.15) is 5.10 Å². The Morgan fingerprint density at radius 1 is 1.48 bits per heavy atom. The van der Waals surface area contributed by atoms with Gasteiger partial charge in [0.05, 0.1) is 19.0 Å². The fourth-order valence-electron chi connectivity index (χ4n) is 2.85.